The number of nitrogens with one attached hydrogen (secondary N) is 1. The molecule has 6 heteroatoms. The lowest BCUT2D eigenvalue weighted by atomic mass is 10.1. The van der Waals surface area contributed by atoms with Crippen LogP contribution in [0.3, 0.4) is 0 Å². The topological polar surface area (TPSA) is 29.1 Å². The Labute approximate surface area is 112 Å². The van der Waals surface area contributed by atoms with Gasteiger partial charge in [0.1, 0.15) is 0 Å². The number of halogens is 4. The molecule has 0 bridgehead atoms. The molecule has 18 heavy (non-hydrogen) atoms. The summed E-state index contributed by atoms with van der Waals surface area (Å²) in [5.41, 5.74) is 0.00546. The van der Waals surface area contributed by atoms with E-state index in [-0.39, 0.29) is 11.6 Å². The zero-order chi connectivity index (χ0) is 13.9. The summed E-state index contributed by atoms with van der Waals surface area (Å²) in [5, 5.41) is 2.49. The van der Waals surface area contributed by atoms with Gasteiger partial charge in [0.2, 0.25) is 5.91 Å². The predicted molar refractivity (Wildman–Crippen MR) is 67.8 cm³/mol. The third kappa shape index (κ3) is 3.73. The van der Waals surface area contributed by atoms with Crippen molar-refractivity contribution in [3.63, 3.8) is 0 Å². The van der Waals surface area contributed by atoms with Gasteiger partial charge in [0, 0.05) is 5.69 Å². The van der Waals surface area contributed by atoms with E-state index in [1.807, 2.05) is 0 Å². The number of hydrogen-bond acceptors (Lipinski definition) is 1. The quantitative estimate of drug-likeness (QED) is 0.833. The third-order valence-corrected chi connectivity index (χ3v) is 3.53. The molecule has 0 aliphatic heterocycles. The molecule has 1 amide bonds. The molecule has 0 aromatic heterocycles. The van der Waals surface area contributed by atoms with Crippen LogP contribution in [-0.4, -0.2) is 10.7 Å². The first-order valence-corrected chi connectivity index (χ1v) is 6.30. The molecule has 0 spiro atoms. The maximum Gasteiger partial charge on any atom is 0.416 e. The van der Waals surface area contributed by atoms with Gasteiger partial charge >= 0.3 is 6.18 Å². The fraction of sp³-hybridized carbons (Fsp3) is 0.417. The van der Waals surface area contributed by atoms with Crippen LogP contribution in [0.25, 0.3) is 0 Å². The minimum atomic E-state index is -4.41. The Morgan fingerprint density at radius 2 is 2.06 bits per heavy atom. The molecule has 0 saturated heterocycles. The van der Waals surface area contributed by atoms with E-state index in [1.54, 1.807) is 13.8 Å². The largest absolute Gasteiger partial charge is 0.416 e. The van der Waals surface area contributed by atoms with E-state index >= 15 is 0 Å². The molecule has 1 aromatic carbocycles. The van der Waals surface area contributed by atoms with Crippen LogP contribution >= 0.6 is 15.9 Å². The molecule has 0 radical (unpaired) electrons. The number of benzene rings is 1. The molecule has 1 atom stereocenters. The van der Waals surface area contributed by atoms with Gasteiger partial charge in [-0.2, -0.15) is 13.2 Å². The SMILES string of the molecule is CCC(Br)C(=O)Nc1cc(C(F)(F)F)ccc1C. The zero-order valence-electron chi connectivity index (χ0n) is 9.94. The summed E-state index contributed by atoms with van der Waals surface area (Å²) >= 11 is 3.15. The standard InChI is InChI=1S/C12H13BrF3NO/c1-3-9(13)11(18)17-10-6-8(12(14,15)16)5-4-7(10)2/h4-6,9H,3H2,1-2H3,(H,17,18). The number of hydrogen-bond donors (Lipinski definition) is 1. The molecule has 1 rings (SSSR count). The number of rotatable bonds is 3. The van der Waals surface area contributed by atoms with Crippen molar-refractivity contribution < 1.29 is 18.0 Å². The lowest BCUT2D eigenvalue weighted by molar-refractivity contribution is -0.137. The molecule has 1 aromatic rings. The smallest absolute Gasteiger partial charge is 0.325 e. The van der Waals surface area contributed by atoms with Crippen molar-refractivity contribution in [3.05, 3.63) is 29.3 Å². The zero-order valence-corrected chi connectivity index (χ0v) is 11.5. The fourth-order valence-corrected chi connectivity index (χ4v) is 1.44. The van der Waals surface area contributed by atoms with Crippen LogP contribution in [-0.2, 0) is 11.0 Å². The summed E-state index contributed by atoms with van der Waals surface area (Å²) in [6.07, 6.45) is -3.85. The molecule has 0 saturated carbocycles. The van der Waals surface area contributed by atoms with E-state index in [2.05, 4.69) is 21.2 Å². The maximum absolute atomic E-state index is 12.5. The van der Waals surface area contributed by atoms with Crippen molar-refractivity contribution in [2.45, 2.75) is 31.3 Å². The Balaban J connectivity index is 2.99. The van der Waals surface area contributed by atoms with Crippen molar-refractivity contribution in [3.8, 4) is 0 Å². The normalized spacial score (nSPS) is 13.2. The first kappa shape index (κ1) is 15.0. The lowest BCUT2D eigenvalue weighted by Gasteiger charge is -2.14. The number of aryl methyl sites for hydroxylation is 1. The first-order valence-electron chi connectivity index (χ1n) is 5.38. The highest BCUT2D eigenvalue weighted by Crippen LogP contribution is 2.32. The van der Waals surface area contributed by atoms with E-state index in [0.29, 0.717) is 12.0 Å². The minimum Gasteiger partial charge on any atom is -0.325 e. The molecule has 2 nitrogen and oxygen atoms in total. The molecule has 0 aliphatic rings. The van der Waals surface area contributed by atoms with Gasteiger partial charge in [-0.1, -0.05) is 28.9 Å². The van der Waals surface area contributed by atoms with Crippen LogP contribution in [0, 0.1) is 6.92 Å². The molecule has 100 valence electrons. The minimum absolute atomic E-state index is 0.188. The van der Waals surface area contributed by atoms with Gasteiger partial charge in [0.15, 0.2) is 0 Å². The summed E-state index contributed by atoms with van der Waals surface area (Å²) in [4.78, 5) is 11.2. The van der Waals surface area contributed by atoms with Gasteiger partial charge < -0.3 is 5.32 Å². The van der Waals surface area contributed by atoms with Crippen molar-refractivity contribution >= 4 is 27.5 Å². The Morgan fingerprint density at radius 1 is 1.44 bits per heavy atom. The highest BCUT2D eigenvalue weighted by Gasteiger charge is 2.31. The van der Waals surface area contributed by atoms with Crippen LogP contribution < -0.4 is 5.32 Å². The molecule has 0 fully saturated rings. The highest BCUT2D eigenvalue weighted by molar-refractivity contribution is 9.10. The van der Waals surface area contributed by atoms with Gasteiger partial charge in [-0.25, -0.2) is 0 Å². The second-order valence-electron chi connectivity index (χ2n) is 3.89. The van der Waals surface area contributed by atoms with Gasteiger partial charge in [-0.15, -0.1) is 0 Å². The number of carbonyl (C=O) groups is 1. The van der Waals surface area contributed by atoms with Crippen molar-refractivity contribution in [2.24, 2.45) is 0 Å². The molecule has 1 N–H and O–H groups in total. The molecule has 1 unspecified atom stereocenters. The Bertz CT molecular complexity index is 445. The number of amides is 1. The van der Waals surface area contributed by atoms with E-state index < -0.39 is 16.6 Å². The van der Waals surface area contributed by atoms with Crippen LogP contribution in [0.4, 0.5) is 18.9 Å². The van der Waals surface area contributed by atoms with Crippen molar-refractivity contribution in [1.82, 2.24) is 0 Å². The summed E-state index contributed by atoms with van der Waals surface area (Å²) in [6, 6.07) is 3.28. The van der Waals surface area contributed by atoms with Crippen LogP contribution in [0.1, 0.15) is 24.5 Å². The van der Waals surface area contributed by atoms with Crippen LogP contribution in [0.2, 0.25) is 0 Å². The summed E-state index contributed by atoms with van der Waals surface area (Å²) < 4.78 is 37.6. The summed E-state index contributed by atoms with van der Waals surface area (Å²) in [6.45, 7) is 3.45. The summed E-state index contributed by atoms with van der Waals surface area (Å²) in [7, 11) is 0. The number of anilines is 1. The monoisotopic (exact) mass is 323 g/mol. The van der Waals surface area contributed by atoms with E-state index in [0.717, 1.165) is 12.1 Å². The molecule has 0 aliphatic carbocycles. The van der Waals surface area contributed by atoms with Crippen molar-refractivity contribution in [2.75, 3.05) is 5.32 Å². The fourth-order valence-electron chi connectivity index (χ4n) is 1.33. The molecular weight excluding hydrogens is 311 g/mol. The van der Waals surface area contributed by atoms with Gasteiger partial charge in [0.05, 0.1) is 10.4 Å². The Kier molecular flexibility index (Phi) is 4.78. The second-order valence-corrected chi connectivity index (χ2v) is 5.00. The molecule has 0 heterocycles. The van der Waals surface area contributed by atoms with Gasteiger partial charge in [0.25, 0.3) is 0 Å². The average Bonchev–Trinajstić information content (AvgIpc) is 2.29. The second kappa shape index (κ2) is 5.73. The first-order chi connectivity index (χ1) is 8.25. The number of alkyl halides is 4. The Morgan fingerprint density at radius 3 is 2.56 bits per heavy atom. The maximum atomic E-state index is 12.5. The third-order valence-electron chi connectivity index (χ3n) is 2.47. The van der Waals surface area contributed by atoms with E-state index in [4.69, 9.17) is 0 Å². The lowest BCUT2D eigenvalue weighted by Crippen LogP contribution is -2.22. The predicted octanol–water partition coefficient (Wildman–Crippen LogP) is 4.13. The average molecular weight is 324 g/mol. The van der Waals surface area contributed by atoms with Crippen molar-refractivity contribution in [1.29, 1.82) is 0 Å². The highest BCUT2D eigenvalue weighted by atomic mass is 79.9. The molecular formula is C12H13BrF3NO. The van der Waals surface area contributed by atoms with Gasteiger partial charge in [-0.3, -0.25) is 4.79 Å². The Hall–Kier alpha value is -1.04. The van der Waals surface area contributed by atoms with Crippen LogP contribution in [0.5, 0.6) is 0 Å². The van der Waals surface area contributed by atoms with Crippen LogP contribution in [0.15, 0.2) is 18.2 Å². The number of carbonyl (C=O) groups excluding carboxylic acids is 1. The van der Waals surface area contributed by atoms with E-state index in [1.165, 1.54) is 6.07 Å². The summed E-state index contributed by atoms with van der Waals surface area (Å²) in [5.74, 6) is -0.347. The van der Waals surface area contributed by atoms with E-state index in [9.17, 15) is 18.0 Å². The van der Waals surface area contributed by atoms with Gasteiger partial charge in [-0.05, 0) is 31.0 Å².